The zero-order valence-corrected chi connectivity index (χ0v) is 9.39. The van der Waals surface area contributed by atoms with Crippen LogP contribution in [0.5, 0.6) is 0 Å². The third-order valence-corrected chi connectivity index (χ3v) is 2.71. The van der Waals surface area contributed by atoms with Gasteiger partial charge in [0.05, 0.1) is 20.1 Å². The Balaban J connectivity index is 2.01. The van der Waals surface area contributed by atoms with Crippen LogP contribution in [0.4, 0.5) is 0 Å². The van der Waals surface area contributed by atoms with Gasteiger partial charge in [-0.15, -0.1) is 0 Å². The predicted molar refractivity (Wildman–Crippen MR) is 62.3 cm³/mol. The number of ether oxygens (including phenoxy) is 1. The number of nitrogens with zero attached hydrogens (tertiary/aromatic N) is 2. The van der Waals surface area contributed by atoms with E-state index in [1.54, 1.807) is 0 Å². The molecule has 4 heteroatoms. The van der Waals surface area contributed by atoms with Crippen molar-refractivity contribution in [2.45, 2.75) is 38.3 Å². The molecule has 2 heterocycles. The van der Waals surface area contributed by atoms with Gasteiger partial charge in [0.25, 0.3) is 0 Å². The van der Waals surface area contributed by atoms with Crippen molar-refractivity contribution in [2.24, 2.45) is 4.99 Å². The summed E-state index contributed by atoms with van der Waals surface area (Å²) in [5.74, 6) is 1.14. The molecule has 2 rings (SSSR count). The van der Waals surface area contributed by atoms with Crippen LogP contribution in [-0.2, 0) is 4.74 Å². The van der Waals surface area contributed by atoms with Crippen molar-refractivity contribution in [2.75, 3.05) is 13.1 Å². The minimum Gasteiger partial charge on any atom is -0.372 e. The van der Waals surface area contributed by atoms with Crippen LogP contribution in [0.1, 0.15) is 20.3 Å². The van der Waals surface area contributed by atoms with E-state index in [0.29, 0.717) is 0 Å². The highest BCUT2D eigenvalue weighted by Gasteiger charge is 2.24. The van der Waals surface area contributed by atoms with Crippen LogP contribution in [0.15, 0.2) is 16.9 Å². The maximum atomic E-state index is 5.74. The lowest BCUT2D eigenvalue weighted by atomic mass is 9.84. The minimum absolute atomic E-state index is 0.0876. The Morgan fingerprint density at radius 3 is 2.60 bits per heavy atom. The quantitative estimate of drug-likeness (QED) is 0.602. The van der Waals surface area contributed by atoms with E-state index in [1.807, 2.05) is 6.21 Å². The van der Waals surface area contributed by atoms with Crippen LogP contribution < -0.4 is 0 Å². The molecule has 80 valence electrons. The molecule has 2 radical (unpaired) electrons. The van der Waals surface area contributed by atoms with Crippen LogP contribution in [0.25, 0.3) is 0 Å². The van der Waals surface area contributed by atoms with E-state index >= 15 is 0 Å². The van der Waals surface area contributed by atoms with Crippen molar-refractivity contribution >= 4 is 14.1 Å². The van der Waals surface area contributed by atoms with Gasteiger partial charge in [-0.05, 0) is 32.2 Å². The van der Waals surface area contributed by atoms with Gasteiger partial charge >= 0.3 is 0 Å². The molecular weight excluding hydrogens is 187 g/mol. The zero-order valence-electron chi connectivity index (χ0n) is 9.39. The van der Waals surface area contributed by atoms with E-state index in [2.05, 4.69) is 29.8 Å². The fourth-order valence-electron chi connectivity index (χ4n) is 2.10. The molecule has 2 aliphatic rings. The largest absolute Gasteiger partial charge is 0.372 e. The van der Waals surface area contributed by atoms with Crippen molar-refractivity contribution in [3.8, 4) is 0 Å². The first-order chi connectivity index (χ1) is 7.15. The minimum atomic E-state index is 0.0876. The van der Waals surface area contributed by atoms with E-state index in [1.165, 1.54) is 0 Å². The molecule has 0 aromatic rings. The van der Waals surface area contributed by atoms with E-state index in [4.69, 9.17) is 12.6 Å². The Morgan fingerprint density at radius 2 is 2.07 bits per heavy atom. The molecule has 0 spiro atoms. The molecule has 1 unspecified atom stereocenters. The first-order valence-electron chi connectivity index (χ1n) is 5.55. The molecule has 0 amide bonds. The Bertz CT molecular complexity index is 280. The monoisotopic (exact) mass is 204 g/mol. The summed E-state index contributed by atoms with van der Waals surface area (Å²) in [6, 6.07) is 0. The summed E-state index contributed by atoms with van der Waals surface area (Å²) in [6.07, 6.45) is 5.40. The molecule has 0 aromatic heterocycles. The topological polar surface area (TPSA) is 24.8 Å². The number of allylic oxidation sites excluding steroid dienone is 1. The van der Waals surface area contributed by atoms with Crippen molar-refractivity contribution in [1.82, 2.24) is 4.90 Å². The van der Waals surface area contributed by atoms with Crippen LogP contribution in [-0.4, -0.2) is 44.3 Å². The molecule has 1 saturated heterocycles. The third kappa shape index (κ3) is 2.62. The number of aliphatic imine (C=N–C) groups is 1. The van der Waals surface area contributed by atoms with Crippen LogP contribution >= 0.6 is 0 Å². The van der Waals surface area contributed by atoms with Crippen molar-refractivity contribution in [3.63, 3.8) is 0 Å². The van der Waals surface area contributed by atoms with Crippen LogP contribution in [0, 0.1) is 0 Å². The average Bonchev–Trinajstić information content (AvgIpc) is 2.17. The Morgan fingerprint density at radius 1 is 1.40 bits per heavy atom. The van der Waals surface area contributed by atoms with Crippen molar-refractivity contribution < 1.29 is 4.74 Å². The van der Waals surface area contributed by atoms with Gasteiger partial charge in [0.2, 0.25) is 0 Å². The summed E-state index contributed by atoms with van der Waals surface area (Å²) >= 11 is 0. The van der Waals surface area contributed by atoms with Crippen molar-refractivity contribution in [3.05, 3.63) is 11.9 Å². The van der Waals surface area contributed by atoms with Gasteiger partial charge in [0, 0.05) is 19.3 Å². The standard InChI is InChI=1S/C11H17BN2O/c1-8-6-14(7-9(2)15-8)11-4-3-10(12)5-13-11/h4-5,8-10H,3,6-7H2,1-2H3/t8-,9+,10?. The van der Waals surface area contributed by atoms with Gasteiger partial charge in [0.15, 0.2) is 0 Å². The summed E-state index contributed by atoms with van der Waals surface area (Å²) in [5.41, 5.74) is 0. The summed E-state index contributed by atoms with van der Waals surface area (Å²) in [7, 11) is 5.74. The van der Waals surface area contributed by atoms with Gasteiger partial charge in [-0.2, -0.15) is 0 Å². The second kappa shape index (κ2) is 4.39. The summed E-state index contributed by atoms with van der Waals surface area (Å²) < 4.78 is 5.68. The molecule has 0 bridgehead atoms. The number of morpholine rings is 1. The van der Waals surface area contributed by atoms with Gasteiger partial charge in [-0.3, -0.25) is 0 Å². The normalized spacial score (nSPS) is 36.5. The van der Waals surface area contributed by atoms with E-state index in [9.17, 15) is 0 Å². The predicted octanol–water partition coefficient (Wildman–Crippen LogP) is 1.37. The molecule has 0 saturated carbocycles. The van der Waals surface area contributed by atoms with Crippen molar-refractivity contribution in [1.29, 1.82) is 0 Å². The highest BCUT2D eigenvalue weighted by atomic mass is 16.5. The summed E-state index contributed by atoms with van der Waals surface area (Å²) in [5, 5.41) is 0. The summed E-state index contributed by atoms with van der Waals surface area (Å²) in [6.45, 7) is 6.04. The lowest BCUT2D eigenvalue weighted by Crippen LogP contribution is -2.44. The fraction of sp³-hybridized carbons (Fsp3) is 0.727. The van der Waals surface area contributed by atoms with Crippen LogP contribution in [0.2, 0.25) is 5.82 Å². The van der Waals surface area contributed by atoms with Gasteiger partial charge in [0.1, 0.15) is 5.82 Å². The van der Waals surface area contributed by atoms with E-state index in [0.717, 1.165) is 25.3 Å². The second-order valence-electron chi connectivity index (χ2n) is 4.40. The maximum absolute atomic E-state index is 5.74. The van der Waals surface area contributed by atoms with Gasteiger partial charge in [-0.1, -0.05) is 0 Å². The maximum Gasteiger partial charge on any atom is 0.124 e. The smallest absolute Gasteiger partial charge is 0.124 e. The lowest BCUT2D eigenvalue weighted by molar-refractivity contribution is -0.0582. The lowest BCUT2D eigenvalue weighted by Gasteiger charge is -2.37. The number of hydrogen-bond acceptors (Lipinski definition) is 3. The molecule has 0 N–H and O–H groups in total. The molecule has 3 nitrogen and oxygen atoms in total. The first kappa shape index (κ1) is 10.7. The fourth-order valence-corrected chi connectivity index (χ4v) is 2.10. The molecular formula is C11H17BN2O. The Kier molecular flexibility index (Phi) is 3.15. The number of hydrogen-bond donors (Lipinski definition) is 0. The van der Waals surface area contributed by atoms with E-state index in [-0.39, 0.29) is 18.0 Å². The first-order valence-corrected chi connectivity index (χ1v) is 5.55. The molecule has 3 atom stereocenters. The molecule has 1 fully saturated rings. The average molecular weight is 204 g/mol. The van der Waals surface area contributed by atoms with Gasteiger partial charge in [-0.25, -0.2) is 4.99 Å². The molecule has 15 heavy (non-hydrogen) atoms. The SMILES string of the molecule is [B]C1C=NC(N2C[C@@H](C)O[C@@H](C)C2)=CC1. The second-order valence-corrected chi connectivity index (χ2v) is 4.40. The van der Waals surface area contributed by atoms with Crippen LogP contribution in [0.3, 0.4) is 0 Å². The molecule has 0 aliphatic carbocycles. The zero-order chi connectivity index (χ0) is 10.8. The Labute approximate surface area is 92.6 Å². The third-order valence-electron chi connectivity index (χ3n) is 2.71. The Hall–Kier alpha value is -0.765. The summed E-state index contributed by atoms with van der Waals surface area (Å²) in [4.78, 5) is 6.66. The number of rotatable bonds is 1. The highest BCUT2D eigenvalue weighted by Crippen LogP contribution is 2.21. The van der Waals surface area contributed by atoms with E-state index < -0.39 is 0 Å². The molecule has 0 aromatic carbocycles. The molecule has 2 aliphatic heterocycles. The highest BCUT2D eigenvalue weighted by molar-refractivity contribution is 6.20. The van der Waals surface area contributed by atoms with Gasteiger partial charge < -0.3 is 9.64 Å².